The van der Waals surface area contributed by atoms with Crippen molar-refractivity contribution in [2.45, 2.75) is 38.5 Å². The van der Waals surface area contributed by atoms with Crippen molar-refractivity contribution >= 4 is 40.6 Å². The first-order valence-corrected chi connectivity index (χ1v) is 10.2. The Bertz CT molecular complexity index is 876. The summed E-state index contributed by atoms with van der Waals surface area (Å²) in [5.41, 5.74) is 1.80. The minimum absolute atomic E-state index is 0.0423. The third kappa shape index (κ3) is 5.27. The van der Waals surface area contributed by atoms with E-state index in [9.17, 15) is 9.59 Å². The molecule has 1 aliphatic carbocycles. The van der Waals surface area contributed by atoms with Gasteiger partial charge in [-0.3, -0.25) is 9.59 Å². The first-order chi connectivity index (χ1) is 13.5. The lowest BCUT2D eigenvalue weighted by Gasteiger charge is -2.14. The van der Waals surface area contributed by atoms with E-state index in [4.69, 9.17) is 27.9 Å². The van der Waals surface area contributed by atoms with Gasteiger partial charge in [-0.05, 0) is 54.7 Å². The fourth-order valence-electron chi connectivity index (χ4n) is 3.59. The van der Waals surface area contributed by atoms with Crippen LogP contribution in [0.25, 0.3) is 0 Å². The lowest BCUT2D eigenvalue weighted by Crippen LogP contribution is -2.16. The zero-order valence-corrected chi connectivity index (χ0v) is 17.3. The molecular weight excluding hydrogens is 397 g/mol. The van der Waals surface area contributed by atoms with Gasteiger partial charge in [0.25, 0.3) is 0 Å². The first-order valence-electron chi connectivity index (χ1n) is 9.41. The van der Waals surface area contributed by atoms with Crippen molar-refractivity contribution in [3.63, 3.8) is 0 Å². The average Bonchev–Trinajstić information content (AvgIpc) is 3.17. The van der Waals surface area contributed by atoms with Gasteiger partial charge in [0.2, 0.25) is 5.91 Å². The number of methoxy groups -OCH3 is 1. The maximum atomic E-state index is 12.7. The second-order valence-corrected chi connectivity index (χ2v) is 7.98. The van der Waals surface area contributed by atoms with Gasteiger partial charge in [0.1, 0.15) is 5.75 Å². The van der Waals surface area contributed by atoms with Crippen molar-refractivity contribution in [1.29, 1.82) is 0 Å². The van der Waals surface area contributed by atoms with Crippen molar-refractivity contribution in [1.82, 2.24) is 0 Å². The number of carbonyl (C=O) groups is 2. The standard InChI is InChI=1S/C22H23Cl2NO3/c1-28-21-9-7-16(20(26)11-15-6-8-17(23)18(24)10-15)13-19(21)25-22(27)12-14-4-2-3-5-14/h6-10,13-14H,2-5,11-12H2,1H3,(H,25,27). The number of rotatable bonds is 7. The van der Waals surface area contributed by atoms with Gasteiger partial charge in [0, 0.05) is 18.4 Å². The van der Waals surface area contributed by atoms with E-state index < -0.39 is 0 Å². The van der Waals surface area contributed by atoms with Crippen LogP contribution in [0.3, 0.4) is 0 Å². The molecule has 1 amide bonds. The third-order valence-electron chi connectivity index (χ3n) is 5.09. The molecule has 1 fully saturated rings. The van der Waals surface area contributed by atoms with E-state index in [1.807, 2.05) is 0 Å². The van der Waals surface area contributed by atoms with Gasteiger partial charge in [-0.25, -0.2) is 0 Å². The summed E-state index contributed by atoms with van der Waals surface area (Å²) in [6.07, 6.45) is 5.29. The van der Waals surface area contributed by atoms with Gasteiger partial charge in [-0.1, -0.05) is 42.1 Å². The number of nitrogens with one attached hydrogen (secondary N) is 1. The van der Waals surface area contributed by atoms with Crippen LogP contribution in [0.1, 0.15) is 48.0 Å². The number of ketones is 1. The van der Waals surface area contributed by atoms with E-state index in [0.29, 0.717) is 39.4 Å². The fourth-order valence-corrected chi connectivity index (χ4v) is 3.91. The van der Waals surface area contributed by atoms with Gasteiger partial charge < -0.3 is 10.1 Å². The van der Waals surface area contributed by atoms with Crippen LogP contribution in [0, 0.1) is 5.92 Å². The summed E-state index contributed by atoms with van der Waals surface area (Å²) in [6.45, 7) is 0. The Hall–Kier alpha value is -2.04. The molecule has 1 saturated carbocycles. The van der Waals surface area contributed by atoms with Gasteiger partial charge in [-0.15, -0.1) is 0 Å². The summed E-state index contributed by atoms with van der Waals surface area (Å²) < 4.78 is 5.34. The quantitative estimate of drug-likeness (QED) is 0.564. The zero-order chi connectivity index (χ0) is 20.1. The number of anilines is 1. The van der Waals surface area contributed by atoms with Crippen molar-refractivity contribution in [3.05, 3.63) is 57.6 Å². The summed E-state index contributed by atoms with van der Waals surface area (Å²) in [5, 5.41) is 3.78. The van der Waals surface area contributed by atoms with Crippen LogP contribution in [-0.2, 0) is 11.2 Å². The number of benzene rings is 2. The monoisotopic (exact) mass is 419 g/mol. The fraction of sp³-hybridized carbons (Fsp3) is 0.364. The molecule has 28 heavy (non-hydrogen) atoms. The van der Waals surface area contributed by atoms with E-state index in [1.165, 1.54) is 12.8 Å². The SMILES string of the molecule is COc1ccc(C(=O)Cc2ccc(Cl)c(Cl)c2)cc1NC(=O)CC1CCCC1. The molecule has 0 radical (unpaired) electrons. The Morgan fingerprint density at radius 1 is 1.07 bits per heavy atom. The maximum Gasteiger partial charge on any atom is 0.224 e. The summed E-state index contributed by atoms with van der Waals surface area (Å²) in [6, 6.07) is 10.2. The highest BCUT2D eigenvalue weighted by molar-refractivity contribution is 6.42. The number of amides is 1. The van der Waals surface area contributed by atoms with Crippen LogP contribution in [0.5, 0.6) is 5.75 Å². The van der Waals surface area contributed by atoms with Gasteiger partial charge in [0.05, 0.1) is 22.8 Å². The smallest absolute Gasteiger partial charge is 0.224 e. The molecule has 0 heterocycles. The predicted molar refractivity (Wildman–Crippen MR) is 113 cm³/mol. The molecule has 0 unspecified atom stereocenters. The zero-order valence-electron chi connectivity index (χ0n) is 15.8. The molecule has 2 aromatic rings. The third-order valence-corrected chi connectivity index (χ3v) is 5.83. The van der Waals surface area contributed by atoms with E-state index in [2.05, 4.69) is 5.32 Å². The molecule has 148 valence electrons. The summed E-state index contributed by atoms with van der Waals surface area (Å²) >= 11 is 12.0. The van der Waals surface area contributed by atoms with E-state index in [-0.39, 0.29) is 18.1 Å². The molecule has 0 aromatic heterocycles. The maximum absolute atomic E-state index is 12.7. The van der Waals surface area contributed by atoms with E-state index >= 15 is 0 Å². The number of hydrogen-bond acceptors (Lipinski definition) is 3. The molecular formula is C22H23Cl2NO3. The Morgan fingerprint density at radius 2 is 1.82 bits per heavy atom. The molecule has 4 nitrogen and oxygen atoms in total. The Balaban J connectivity index is 1.72. The Kier molecular flexibility index (Phi) is 6.97. The van der Waals surface area contributed by atoms with Crippen LogP contribution in [0.2, 0.25) is 10.0 Å². The molecule has 0 saturated heterocycles. The summed E-state index contributed by atoms with van der Waals surface area (Å²) in [4.78, 5) is 25.1. The van der Waals surface area contributed by atoms with E-state index in [1.54, 1.807) is 43.5 Å². The molecule has 0 spiro atoms. The minimum atomic E-state index is -0.0765. The molecule has 6 heteroatoms. The Morgan fingerprint density at radius 3 is 2.50 bits per heavy atom. The lowest BCUT2D eigenvalue weighted by molar-refractivity contribution is -0.117. The highest BCUT2D eigenvalue weighted by Crippen LogP contribution is 2.30. The van der Waals surface area contributed by atoms with E-state index in [0.717, 1.165) is 18.4 Å². The predicted octanol–water partition coefficient (Wildman–Crippen LogP) is 5.95. The molecule has 3 rings (SSSR count). The highest BCUT2D eigenvalue weighted by atomic mass is 35.5. The second-order valence-electron chi connectivity index (χ2n) is 7.17. The average molecular weight is 420 g/mol. The Labute approximate surface area is 175 Å². The molecule has 0 bridgehead atoms. The molecule has 1 N–H and O–H groups in total. The van der Waals surface area contributed by atoms with Gasteiger partial charge in [0.15, 0.2) is 5.78 Å². The highest BCUT2D eigenvalue weighted by Gasteiger charge is 2.20. The van der Waals surface area contributed by atoms with Crippen LogP contribution in [0.4, 0.5) is 5.69 Å². The number of Topliss-reactive ketones (excluding diaryl/α,β-unsaturated/α-hetero) is 1. The van der Waals surface area contributed by atoms with Gasteiger partial charge in [-0.2, -0.15) is 0 Å². The second kappa shape index (κ2) is 9.44. The number of carbonyl (C=O) groups excluding carboxylic acids is 2. The summed E-state index contributed by atoms with van der Waals surface area (Å²) in [7, 11) is 1.54. The minimum Gasteiger partial charge on any atom is -0.495 e. The summed E-state index contributed by atoms with van der Waals surface area (Å²) in [5.74, 6) is 0.864. The van der Waals surface area contributed by atoms with Crippen molar-refractivity contribution in [3.8, 4) is 5.75 Å². The van der Waals surface area contributed by atoms with Crippen molar-refractivity contribution in [2.75, 3.05) is 12.4 Å². The van der Waals surface area contributed by atoms with Crippen LogP contribution in [0.15, 0.2) is 36.4 Å². The molecule has 1 aliphatic rings. The molecule has 0 aliphatic heterocycles. The normalized spacial score (nSPS) is 14.1. The van der Waals surface area contributed by atoms with Crippen molar-refractivity contribution in [2.24, 2.45) is 5.92 Å². The van der Waals surface area contributed by atoms with Crippen LogP contribution in [-0.4, -0.2) is 18.8 Å². The number of hydrogen-bond donors (Lipinski definition) is 1. The lowest BCUT2D eigenvalue weighted by atomic mass is 10.0. The first kappa shape index (κ1) is 20.7. The molecule has 2 aromatic carbocycles. The van der Waals surface area contributed by atoms with Crippen LogP contribution >= 0.6 is 23.2 Å². The molecule has 0 atom stereocenters. The number of ether oxygens (including phenoxy) is 1. The topological polar surface area (TPSA) is 55.4 Å². The van der Waals surface area contributed by atoms with Gasteiger partial charge >= 0.3 is 0 Å². The van der Waals surface area contributed by atoms with Crippen LogP contribution < -0.4 is 10.1 Å². The number of halogens is 2. The van der Waals surface area contributed by atoms with Crippen molar-refractivity contribution < 1.29 is 14.3 Å². The largest absolute Gasteiger partial charge is 0.495 e.